The van der Waals surface area contributed by atoms with Gasteiger partial charge in [-0.15, -0.1) is 0 Å². The molecule has 0 aliphatic heterocycles. The Morgan fingerprint density at radius 3 is 1.76 bits per heavy atom. The summed E-state index contributed by atoms with van der Waals surface area (Å²) in [6, 6.07) is 22.6. The quantitative estimate of drug-likeness (QED) is 0.248. The molecule has 0 spiro atoms. The van der Waals surface area contributed by atoms with E-state index in [2.05, 4.69) is 111 Å². The number of halogens is 1. The number of benzene rings is 3. The van der Waals surface area contributed by atoms with Crippen LogP contribution in [0.1, 0.15) is 101 Å². The Labute approximate surface area is 257 Å². The van der Waals surface area contributed by atoms with Crippen LogP contribution < -0.4 is 0 Å². The predicted octanol–water partition coefficient (Wildman–Crippen LogP) is 12.4. The molecule has 3 aromatic carbocycles. The van der Waals surface area contributed by atoms with Gasteiger partial charge in [0.15, 0.2) is 0 Å². The fourth-order valence-corrected chi connectivity index (χ4v) is 5.08. The van der Waals surface area contributed by atoms with Gasteiger partial charge in [-0.25, -0.2) is 0 Å². The molecule has 0 aliphatic rings. The van der Waals surface area contributed by atoms with Crippen LogP contribution >= 0.6 is 11.6 Å². The standard InChI is InChI=1S/C18H18.C13H28.C7H7Cl.CH2O/c1-5-16-12-18(11-8-14(16)3)15(4)17-9-6-13(2)7-10-17;1-7-9-13(5,6)12(8-2)10-11(3)4;1-6-2-4-7(8)5-3-6;1-2/h5-12H,1,4H2,2-3H3;11-12H,7-10H2,1-6H3;2-5H,1H3;1H2. The minimum absolute atomic E-state index is 0.549. The maximum Gasteiger partial charge on any atom is 0.106 e. The van der Waals surface area contributed by atoms with E-state index < -0.39 is 0 Å². The second kappa shape index (κ2) is 20.1. The van der Waals surface area contributed by atoms with Crippen molar-refractivity contribution in [3.05, 3.63) is 118 Å². The minimum Gasteiger partial charge on any atom is -0.307 e. The Hall–Kier alpha value is -2.90. The van der Waals surface area contributed by atoms with Gasteiger partial charge >= 0.3 is 0 Å². The molecule has 1 nitrogen and oxygen atoms in total. The Kier molecular flexibility index (Phi) is 18.6. The summed E-state index contributed by atoms with van der Waals surface area (Å²) in [7, 11) is 0. The Morgan fingerprint density at radius 2 is 1.34 bits per heavy atom. The molecule has 224 valence electrons. The number of hydrogen-bond acceptors (Lipinski definition) is 1. The number of carbonyl (C=O) groups excluding carboxylic acids is 1. The molecule has 41 heavy (non-hydrogen) atoms. The maximum absolute atomic E-state index is 8.00. The lowest BCUT2D eigenvalue weighted by atomic mass is 9.71. The summed E-state index contributed by atoms with van der Waals surface area (Å²) in [6.07, 6.45) is 7.32. The molecule has 0 aliphatic carbocycles. The molecule has 0 fully saturated rings. The molecule has 2 heteroatoms. The van der Waals surface area contributed by atoms with E-state index in [1.54, 1.807) is 0 Å². The lowest BCUT2D eigenvalue weighted by Crippen LogP contribution is -2.24. The van der Waals surface area contributed by atoms with Gasteiger partial charge in [-0.2, -0.15) is 0 Å². The second-order valence-electron chi connectivity index (χ2n) is 11.9. The monoisotopic (exact) mass is 574 g/mol. The van der Waals surface area contributed by atoms with E-state index in [0.29, 0.717) is 5.41 Å². The van der Waals surface area contributed by atoms with Gasteiger partial charge in [0.2, 0.25) is 0 Å². The second-order valence-corrected chi connectivity index (χ2v) is 12.3. The van der Waals surface area contributed by atoms with Crippen molar-refractivity contribution < 1.29 is 4.79 Å². The first-order valence-electron chi connectivity index (χ1n) is 14.8. The first-order chi connectivity index (χ1) is 19.3. The molecule has 0 bridgehead atoms. The Morgan fingerprint density at radius 1 is 0.854 bits per heavy atom. The van der Waals surface area contributed by atoms with Crippen molar-refractivity contribution in [2.75, 3.05) is 0 Å². The molecule has 0 saturated carbocycles. The zero-order valence-electron chi connectivity index (χ0n) is 27.3. The highest BCUT2D eigenvalue weighted by Gasteiger charge is 2.27. The third-order valence-electron chi connectivity index (χ3n) is 7.51. The Balaban J connectivity index is 0.000000609. The Bertz CT molecular complexity index is 1130. The molecule has 0 amide bonds. The van der Waals surface area contributed by atoms with Crippen LogP contribution in [0.25, 0.3) is 11.6 Å². The van der Waals surface area contributed by atoms with Crippen molar-refractivity contribution in [2.24, 2.45) is 17.3 Å². The maximum atomic E-state index is 8.00. The molecule has 3 aromatic rings. The molecule has 0 heterocycles. The molecule has 0 N–H and O–H groups in total. The number of hydrogen-bond donors (Lipinski definition) is 0. The van der Waals surface area contributed by atoms with E-state index in [4.69, 9.17) is 16.4 Å². The first-order valence-corrected chi connectivity index (χ1v) is 15.2. The van der Waals surface area contributed by atoms with Gasteiger partial charge in [-0.3, -0.25) is 0 Å². The highest BCUT2D eigenvalue weighted by atomic mass is 35.5. The molecule has 0 aromatic heterocycles. The summed E-state index contributed by atoms with van der Waals surface area (Å²) < 4.78 is 0. The smallest absolute Gasteiger partial charge is 0.106 e. The zero-order valence-corrected chi connectivity index (χ0v) is 28.1. The predicted molar refractivity (Wildman–Crippen MR) is 186 cm³/mol. The third kappa shape index (κ3) is 14.5. The van der Waals surface area contributed by atoms with Gasteiger partial charge in [0, 0.05) is 5.02 Å². The fraction of sp³-hybridized carbons (Fsp3) is 0.410. The van der Waals surface area contributed by atoms with E-state index >= 15 is 0 Å². The summed E-state index contributed by atoms with van der Waals surface area (Å²) in [6.45, 7) is 30.4. The van der Waals surface area contributed by atoms with E-state index in [1.807, 2.05) is 44.1 Å². The normalized spacial score (nSPS) is 11.1. The molecule has 1 atom stereocenters. The van der Waals surface area contributed by atoms with Crippen molar-refractivity contribution in [3.8, 4) is 0 Å². The van der Waals surface area contributed by atoms with Crippen LogP contribution in [0.4, 0.5) is 0 Å². The molecule has 0 radical (unpaired) electrons. The molecule has 0 saturated heterocycles. The van der Waals surface area contributed by atoms with Gasteiger partial charge in [0.1, 0.15) is 6.79 Å². The lowest BCUT2D eigenvalue weighted by molar-refractivity contribution is -0.0980. The van der Waals surface area contributed by atoms with Crippen LogP contribution in [0.2, 0.25) is 5.02 Å². The summed E-state index contributed by atoms with van der Waals surface area (Å²) in [4.78, 5) is 8.00. The van der Waals surface area contributed by atoms with Crippen LogP contribution in [0.5, 0.6) is 0 Å². The summed E-state index contributed by atoms with van der Waals surface area (Å²) in [5.41, 5.74) is 8.84. The number of aryl methyl sites for hydroxylation is 3. The van der Waals surface area contributed by atoms with E-state index in [9.17, 15) is 0 Å². The lowest BCUT2D eigenvalue weighted by Gasteiger charge is -2.35. The van der Waals surface area contributed by atoms with Crippen LogP contribution in [-0.4, -0.2) is 6.79 Å². The van der Waals surface area contributed by atoms with Crippen molar-refractivity contribution in [2.45, 2.75) is 88.0 Å². The molecule has 1 unspecified atom stereocenters. The van der Waals surface area contributed by atoms with Gasteiger partial charge in [-0.05, 0) is 96.9 Å². The number of rotatable bonds is 9. The van der Waals surface area contributed by atoms with Gasteiger partial charge in [0.25, 0.3) is 0 Å². The third-order valence-corrected chi connectivity index (χ3v) is 7.76. The van der Waals surface area contributed by atoms with Crippen molar-refractivity contribution in [3.63, 3.8) is 0 Å². The summed E-state index contributed by atoms with van der Waals surface area (Å²) in [5.74, 6) is 1.76. The summed E-state index contributed by atoms with van der Waals surface area (Å²) in [5, 5.41) is 0.801. The summed E-state index contributed by atoms with van der Waals surface area (Å²) >= 11 is 5.61. The SMILES string of the molecule is C=Cc1cc(C(=C)c2ccc(C)cc2)ccc1C.C=O.CCCC(C)(C)C(CC)CC(C)C.Cc1ccc(Cl)cc1. The number of carbonyl (C=O) groups is 1. The van der Waals surface area contributed by atoms with Gasteiger partial charge in [0.05, 0.1) is 0 Å². The van der Waals surface area contributed by atoms with Gasteiger partial charge in [-0.1, -0.05) is 145 Å². The average molecular weight is 575 g/mol. The van der Waals surface area contributed by atoms with E-state index in [-0.39, 0.29) is 0 Å². The first kappa shape index (κ1) is 38.1. The largest absolute Gasteiger partial charge is 0.307 e. The highest BCUT2D eigenvalue weighted by molar-refractivity contribution is 6.30. The minimum atomic E-state index is 0.549. The molecular weight excluding hydrogens is 520 g/mol. The van der Waals surface area contributed by atoms with Gasteiger partial charge < -0.3 is 4.79 Å². The van der Waals surface area contributed by atoms with Crippen molar-refractivity contribution in [1.82, 2.24) is 0 Å². The topological polar surface area (TPSA) is 17.1 Å². The van der Waals surface area contributed by atoms with E-state index in [1.165, 1.54) is 53.5 Å². The van der Waals surface area contributed by atoms with Crippen molar-refractivity contribution >= 4 is 30.0 Å². The van der Waals surface area contributed by atoms with Crippen molar-refractivity contribution in [1.29, 1.82) is 0 Å². The van der Waals surface area contributed by atoms with Crippen LogP contribution in [-0.2, 0) is 4.79 Å². The highest BCUT2D eigenvalue weighted by Crippen LogP contribution is 2.38. The molecule has 3 rings (SSSR count). The fourth-order valence-electron chi connectivity index (χ4n) is 4.96. The zero-order chi connectivity index (χ0) is 31.6. The van der Waals surface area contributed by atoms with E-state index in [0.717, 1.165) is 28.0 Å². The average Bonchev–Trinajstić information content (AvgIpc) is 2.95. The van der Waals surface area contributed by atoms with Crippen LogP contribution in [0.3, 0.4) is 0 Å². The van der Waals surface area contributed by atoms with Crippen LogP contribution in [0.15, 0.2) is 79.9 Å². The molecular formula is C39H55ClO. The van der Waals surface area contributed by atoms with Crippen LogP contribution in [0, 0.1) is 38.0 Å².